The molecule has 0 aliphatic heterocycles. The van der Waals surface area contributed by atoms with Crippen molar-refractivity contribution < 1.29 is 0 Å². The highest BCUT2D eigenvalue weighted by Crippen LogP contribution is 2.56. The molecule has 0 unspecified atom stereocenters. The standard InChI is InChI=1S/C50H56BrCl/c1-5-7-9-11-13-15-29-50(30-16-14-12-10-8-6-2)47-33-38(21-27-43(47)44-28-22-39(51)34-48(44)50)37-20-26-42-41-25-19-36(35-17-23-40(52)24-18-35)31-45(41)49(3,4)46(42)32-37/h17-28,31-34H,5-16,29-30H2,1-4H3. The summed E-state index contributed by atoms with van der Waals surface area (Å²) >= 11 is 10.1. The van der Waals surface area contributed by atoms with Gasteiger partial charge in [-0.25, -0.2) is 0 Å². The van der Waals surface area contributed by atoms with Gasteiger partial charge in [0.05, 0.1) is 0 Å². The summed E-state index contributed by atoms with van der Waals surface area (Å²) in [6.45, 7) is 9.43. The highest BCUT2D eigenvalue weighted by atomic mass is 79.9. The molecule has 52 heavy (non-hydrogen) atoms. The van der Waals surface area contributed by atoms with Crippen LogP contribution in [0.3, 0.4) is 0 Å². The molecule has 0 amide bonds. The van der Waals surface area contributed by atoms with Gasteiger partial charge in [0, 0.05) is 20.3 Å². The van der Waals surface area contributed by atoms with E-state index >= 15 is 0 Å². The maximum Gasteiger partial charge on any atom is 0.0406 e. The first-order valence-electron chi connectivity index (χ1n) is 20.3. The molecule has 270 valence electrons. The molecule has 0 bridgehead atoms. The van der Waals surface area contributed by atoms with Gasteiger partial charge in [-0.1, -0.05) is 187 Å². The molecule has 0 spiro atoms. The van der Waals surface area contributed by atoms with Gasteiger partial charge in [-0.15, -0.1) is 0 Å². The van der Waals surface area contributed by atoms with Crippen molar-refractivity contribution in [2.75, 3.05) is 0 Å². The van der Waals surface area contributed by atoms with E-state index in [-0.39, 0.29) is 10.8 Å². The van der Waals surface area contributed by atoms with E-state index in [1.54, 1.807) is 11.1 Å². The maximum absolute atomic E-state index is 6.23. The molecule has 0 aromatic heterocycles. The van der Waals surface area contributed by atoms with Crippen LogP contribution in [-0.2, 0) is 10.8 Å². The Kier molecular flexibility index (Phi) is 11.5. The van der Waals surface area contributed by atoms with Crippen LogP contribution in [0.1, 0.15) is 140 Å². The third-order valence-corrected chi connectivity index (χ3v) is 13.2. The highest BCUT2D eigenvalue weighted by molar-refractivity contribution is 9.10. The highest BCUT2D eigenvalue weighted by Gasteiger charge is 2.43. The topological polar surface area (TPSA) is 0 Å². The normalized spacial score (nSPS) is 14.6. The molecule has 0 atom stereocenters. The van der Waals surface area contributed by atoms with Crippen molar-refractivity contribution in [3.8, 4) is 44.5 Å². The predicted molar refractivity (Wildman–Crippen MR) is 230 cm³/mol. The molecule has 0 nitrogen and oxygen atoms in total. The van der Waals surface area contributed by atoms with Crippen molar-refractivity contribution in [1.82, 2.24) is 0 Å². The summed E-state index contributed by atoms with van der Waals surface area (Å²) in [5.41, 5.74) is 16.6. The van der Waals surface area contributed by atoms with E-state index in [2.05, 4.69) is 129 Å². The SMILES string of the molecule is CCCCCCCCC1(CCCCCCCC)c2cc(Br)ccc2-c2ccc(-c3ccc4c(c3)C(C)(C)c3cc(-c5ccc(Cl)cc5)ccc3-4)cc21. The predicted octanol–water partition coefficient (Wildman–Crippen LogP) is 16.5. The Balaban J connectivity index is 1.24. The molecule has 5 aromatic carbocycles. The van der Waals surface area contributed by atoms with Crippen LogP contribution in [-0.4, -0.2) is 0 Å². The lowest BCUT2D eigenvalue weighted by atomic mass is 9.70. The quantitative estimate of drug-likeness (QED) is 0.0877. The van der Waals surface area contributed by atoms with Crippen LogP contribution in [0.4, 0.5) is 0 Å². The Bertz CT molecular complexity index is 2000. The smallest absolute Gasteiger partial charge is 0.0406 e. The number of fused-ring (bicyclic) bond motifs is 6. The van der Waals surface area contributed by atoms with Gasteiger partial charge < -0.3 is 0 Å². The lowest BCUT2D eigenvalue weighted by Crippen LogP contribution is -2.25. The van der Waals surface area contributed by atoms with Crippen molar-refractivity contribution in [2.45, 2.75) is 128 Å². The first kappa shape index (κ1) is 37.2. The maximum atomic E-state index is 6.23. The second kappa shape index (κ2) is 16.1. The van der Waals surface area contributed by atoms with E-state index < -0.39 is 0 Å². The fraction of sp³-hybridized carbons (Fsp3) is 0.400. The molecule has 0 radical (unpaired) electrons. The minimum atomic E-state index is -0.0956. The first-order chi connectivity index (χ1) is 25.3. The van der Waals surface area contributed by atoms with Gasteiger partial charge in [-0.3, -0.25) is 0 Å². The fourth-order valence-electron chi connectivity index (χ4n) is 9.46. The van der Waals surface area contributed by atoms with Crippen LogP contribution in [0, 0.1) is 0 Å². The first-order valence-corrected chi connectivity index (χ1v) is 21.4. The molecular formula is C50H56BrCl. The van der Waals surface area contributed by atoms with Gasteiger partial charge in [0.1, 0.15) is 0 Å². The van der Waals surface area contributed by atoms with E-state index in [9.17, 15) is 0 Å². The van der Waals surface area contributed by atoms with Gasteiger partial charge in [0.25, 0.3) is 0 Å². The number of benzene rings is 5. The minimum Gasteiger partial charge on any atom is -0.0843 e. The lowest BCUT2D eigenvalue weighted by molar-refractivity contribution is 0.398. The summed E-state index contributed by atoms with van der Waals surface area (Å²) in [5.74, 6) is 0. The Hall–Kier alpha value is -3.13. The van der Waals surface area contributed by atoms with Crippen molar-refractivity contribution >= 4 is 27.5 Å². The Morgan fingerprint density at radius 2 is 0.827 bits per heavy atom. The average molecular weight is 772 g/mol. The summed E-state index contributed by atoms with van der Waals surface area (Å²) in [4.78, 5) is 0. The van der Waals surface area contributed by atoms with Gasteiger partial charge in [0.15, 0.2) is 0 Å². The second-order valence-corrected chi connectivity index (χ2v) is 17.6. The average Bonchev–Trinajstić information content (AvgIpc) is 3.55. The second-order valence-electron chi connectivity index (χ2n) is 16.2. The van der Waals surface area contributed by atoms with Crippen LogP contribution in [0.25, 0.3) is 44.5 Å². The molecule has 2 heteroatoms. The number of rotatable bonds is 16. The fourth-order valence-corrected chi connectivity index (χ4v) is 9.95. The number of hydrogen-bond acceptors (Lipinski definition) is 0. The van der Waals surface area contributed by atoms with E-state index in [0.29, 0.717) is 0 Å². The van der Waals surface area contributed by atoms with Crippen LogP contribution < -0.4 is 0 Å². The largest absolute Gasteiger partial charge is 0.0843 e. The Morgan fingerprint density at radius 1 is 0.442 bits per heavy atom. The summed E-state index contributed by atoms with van der Waals surface area (Å²) in [6, 6.07) is 37.0. The number of halogens is 2. The monoisotopic (exact) mass is 770 g/mol. The van der Waals surface area contributed by atoms with Crippen molar-refractivity contribution in [2.24, 2.45) is 0 Å². The minimum absolute atomic E-state index is 0.0598. The van der Waals surface area contributed by atoms with E-state index in [1.807, 2.05) is 12.1 Å². The molecule has 0 heterocycles. The summed E-state index contributed by atoms with van der Waals surface area (Å²) in [7, 11) is 0. The molecule has 7 rings (SSSR count). The summed E-state index contributed by atoms with van der Waals surface area (Å²) in [5, 5.41) is 0.774. The van der Waals surface area contributed by atoms with Crippen LogP contribution >= 0.6 is 27.5 Å². The van der Waals surface area contributed by atoms with E-state index in [0.717, 1.165) is 5.02 Å². The molecule has 0 fully saturated rings. The molecule has 5 aromatic rings. The van der Waals surface area contributed by atoms with Crippen molar-refractivity contribution in [1.29, 1.82) is 0 Å². The third-order valence-electron chi connectivity index (χ3n) is 12.4. The van der Waals surface area contributed by atoms with Crippen molar-refractivity contribution in [3.63, 3.8) is 0 Å². The molecule has 0 saturated heterocycles. The zero-order valence-electron chi connectivity index (χ0n) is 31.9. The zero-order chi connectivity index (χ0) is 36.3. The zero-order valence-corrected chi connectivity index (χ0v) is 34.2. The Morgan fingerprint density at radius 3 is 1.35 bits per heavy atom. The molecule has 0 N–H and O–H groups in total. The number of hydrogen-bond donors (Lipinski definition) is 0. The van der Waals surface area contributed by atoms with Crippen LogP contribution in [0.2, 0.25) is 5.02 Å². The van der Waals surface area contributed by atoms with Gasteiger partial charge in [-0.2, -0.15) is 0 Å². The molecule has 2 aliphatic carbocycles. The number of unbranched alkanes of at least 4 members (excludes halogenated alkanes) is 10. The molecular weight excluding hydrogens is 716 g/mol. The Labute approximate surface area is 327 Å². The van der Waals surface area contributed by atoms with Gasteiger partial charge >= 0.3 is 0 Å². The third kappa shape index (κ3) is 7.22. The van der Waals surface area contributed by atoms with Gasteiger partial charge in [-0.05, 0) is 122 Å². The summed E-state index contributed by atoms with van der Waals surface area (Å²) < 4.78 is 1.20. The van der Waals surface area contributed by atoms with Crippen LogP contribution in [0.5, 0.6) is 0 Å². The lowest BCUT2D eigenvalue weighted by Gasteiger charge is -2.33. The van der Waals surface area contributed by atoms with Crippen molar-refractivity contribution in [3.05, 3.63) is 129 Å². The summed E-state index contributed by atoms with van der Waals surface area (Å²) in [6.07, 6.45) is 18.5. The van der Waals surface area contributed by atoms with Crippen LogP contribution in [0.15, 0.2) is 102 Å². The van der Waals surface area contributed by atoms with E-state index in [4.69, 9.17) is 11.6 Å². The van der Waals surface area contributed by atoms with E-state index in [1.165, 1.54) is 150 Å². The van der Waals surface area contributed by atoms with Gasteiger partial charge in [0.2, 0.25) is 0 Å². The molecule has 2 aliphatic rings. The molecule has 0 saturated carbocycles.